The lowest BCUT2D eigenvalue weighted by molar-refractivity contribution is 0.561. The molecular formula is C9H6O3. The Hall–Kier alpha value is -1.64. The van der Waals surface area contributed by atoms with Gasteiger partial charge in [-0.25, -0.2) is 0 Å². The molecule has 12 heavy (non-hydrogen) atoms. The lowest BCUT2D eigenvalue weighted by atomic mass is 10.4. The van der Waals surface area contributed by atoms with Gasteiger partial charge in [0.25, 0.3) is 0 Å². The predicted molar refractivity (Wildman–Crippen MR) is 43.0 cm³/mol. The molecule has 0 atom stereocenters. The van der Waals surface area contributed by atoms with Gasteiger partial charge in [0.2, 0.25) is 11.2 Å². The zero-order valence-electron chi connectivity index (χ0n) is 6.46. The van der Waals surface area contributed by atoms with E-state index in [0.717, 1.165) is 16.9 Å². The molecule has 60 valence electrons. The second-order valence-electron chi connectivity index (χ2n) is 2.77. The highest BCUT2D eigenvalue weighted by atomic mass is 16.4. The van der Waals surface area contributed by atoms with Gasteiger partial charge in [-0.2, -0.15) is 0 Å². The summed E-state index contributed by atoms with van der Waals surface area (Å²) in [6.07, 6.45) is 1.59. The van der Waals surface area contributed by atoms with Crippen LogP contribution in [-0.4, -0.2) is 0 Å². The number of fused-ring (bicyclic) bond motifs is 3. The van der Waals surface area contributed by atoms with Crippen LogP contribution < -0.4 is 0 Å². The van der Waals surface area contributed by atoms with Crippen molar-refractivity contribution in [1.29, 1.82) is 0 Å². The normalized spacial score (nSPS) is 11.8. The van der Waals surface area contributed by atoms with Gasteiger partial charge in [0.1, 0.15) is 5.76 Å². The first kappa shape index (κ1) is 5.94. The van der Waals surface area contributed by atoms with Crippen molar-refractivity contribution < 1.29 is 13.3 Å². The van der Waals surface area contributed by atoms with Crippen molar-refractivity contribution in [3.63, 3.8) is 0 Å². The van der Waals surface area contributed by atoms with Gasteiger partial charge in [-0.1, -0.05) is 0 Å². The van der Waals surface area contributed by atoms with Crippen LogP contribution in [0.5, 0.6) is 0 Å². The molecule has 0 aromatic carbocycles. The molecule has 0 amide bonds. The summed E-state index contributed by atoms with van der Waals surface area (Å²) < 4.78 is 16.0. The van der Waals surface area contributed by atoms with Crippen molar-refractivity contribution >= 4 is 22.3 Å². The molecule has 0 aliphatic rings. The highest BCUT2D eigenvalue weighted by Crippen LogP contribution is 2.31. The van der Waals surface area contributed by atoms with Crippen molar-refractivity contribution in [2.75, 3.05) is 0 Å². The van der Waals surface area contributed by atoms with Crippen molar-refractivity contribution in [3.8, 4) is 0 Å². The zero-order valence-corrected chi connectivity index (χ0v) is 6.46. The molecule has 0 N–H and O–H groups in total. The van der Waals surface area contributed by atoms with Gasteiger partial charge >= 0.3 is 0 Å². The van der Waals surface area contributed by atoms with Crippen LogP contribution in [0.25, 0.3) is 22.3 Å². The molecule has 0 spiro atoms. The summed E-state index contributed by atoms with van der Waals surface area (Å²) in [5.41, 5.74) is 2.89. The van der Waals surface area contributed by atoms with E-state index in [9.17, 15) is 0 Å². The number of furan rings is 3. The average molecular weight is 162 g/mol. The molecule has 3 aromatic rings. The van der Waals surface area contributed by atoms with Gasteiger partial charge in [0.05, 0.1) is 6.26 Å². The number of hydrogen-bond acceptors (Lipinski definition) is 3. The van der Waals surface area contributed by atoms with E-state index in [1.54, 1.807) is 12.3 Å². The van der Waals surface area contributed by atoms with Gasteiger partial charge in [-0.15, -0.1) is 0 Å². The zero-order chi connectivity index (χ0) is 8.13. The maximum Gasteiger partial charge on any atom is 0.215 e. The Labute approximate surface area is 67.5 Å². The average Bonchev–Trinajstić information content (AvgIpc) is 2.59. The third-order valence-corrected chi connectivity index (χ3v) is 1.88. The maximum atomic E-state index is 5.43. The SMILES string of the molecule is Cc1cc2oc3ccoc3c2o1. The Morgan fingerprint density at radius 3 is 2.92 bits per heavy atom. The van der Waals surface area contributed by atoms with Crippen LogP contribution in [0.3, 0.4) is 0 Å². The van der Waals surface area contributed by atoms with Crippen LogP contribution in [0, 0.1) is 6.92 Å². The smallest absolute Gasteiger partial charge is 0.215 e. The largest absolute Gasteiger partial charge is 0.457 e. The highest BCUT2D eigenvalue weighted by molar-refractivity contribution is 5.97. The fraction of sp³-hybridized carbons (Fsp3) is 0.111. The van der Waals surface area contributed by atoms with Gasteiger partial charge in [-0.05, 0) is 6.92 Å². The monoisotopic (exact) mass is 162 g/mol. The first-order valence-corrected chi connectivity index (χ1v) is 3.71. The molecule has 0 aliphatic heterocycles. The van der Waals surface area contributed by atoms with Crippen LogP contribution >= 0.6 is 0 Å². The summed E-state index contributed by atoms with van der Waals surface area (Å²) in [7, 11) is 0. The van der Waals surface area contributed by atoms with E-state index in [2.05, 4.69) is 0 Å². The summed E-state index contributed by atoms with van der Waals surface area (Å²) >= 11 is 0. The quantitative estimate of drug-likeness (QED) is 0.509. The number of aryl methyl sites for hydroxylation is 1. The molecule has 3 heterocycles. The van der Waals surface area contributed by atoms with Crippen molar-refractivity contribution in [2.24, 2.45) is 0 Å². The van der Waals surface area contributed by atoms with Crippen molar-refractivity contribution in [3.05, 3.63) is 24.2 Å². The Morgan fingerprint density at radius 1 is 1.08 bits per heavy atom. The van der Waals surface area contributed by atoms with E-state index in [-0.39, 0.29) is 0 Å². The molecule has 0 aliphatic carbocycles. The second kappa shape index (κ2) is 1.75. The molecule has 0 radical (unpaired) electrons. The molecule has 0 fully saturated rings. The van der Waals surface area contributed by atoms with Crippen LogP contribution in [0.1, 0.15) is 5.76 Å². The molecule has 0 unspecified atom stereocenters. The second-order valence-corrected chi connectivity index (χ2v) is 2.77. The molecular weight excluding hydrogens is 156 g/mol. The summed E-state index contributed by atoms with van der Waals surface area (Å²) in [4.78, 5) is 0. The minimum absolute atomic E-state index is 0.693. The van der Waals surface area contributed by atoms with Crippen LogP contribution in [-0.2, 0) is 0 Å². The van der Waals surface area contributed by atoms with Gasteiger partial charge in [0, 0.05) is 12.1 Å². The molecule has 0 saturated carbocycles. The molecule has 3 rings (SSSR count). The summed E-state index contributed by atoms with van der Waals surface area (Å²) in [6, 6.07) is 3.63. The summed E-state index contributed by atoms with van der Waals surface area (Å²) in [6.45, 7) is 1.88. The Kier molecular flexibility index (Phi) is 0.864. The van der Waals surface area contributed by atoms with E-state index in [1.807, 2.05) is 13.0 Å². The van der Waals surface area contributed by atoms with Crippen molar-refractivity contribution in [1.82, 2.24) is 0 Å². The number of hydrogen-bond donors (Lipinski definition) is 0. The maximum absolute atomic E-state index is 5.43. The fourth-order valence-electron chi connectivity index (χ4n) is 1.39. The van der Waals surface area contributed by atoms with Gasteiger partial charge < -0.3 is 13.3 Å². The lowest BCUT2D eigenvalue weighted by Crippen LogP contribution is -1.54. The topological polar surface area (TPSA) is 39.4 Å². The van der Waals surface area contributed by atoms with Crippen LogP contribution in [0.15, 0.2) is 31.6 Å². The molecule has 3 heteroatoms. The van der Waals surface area contributed by atoms with E-state index in [1.165, 1.54) is 0 Å². The fourth-order valence-corrected chi connectivity index (χ4v) is 1.39. The minimum Gasteiger partial charge on any atom is -0.457 e. The number of rotatable bonds is 0. The van der Waals surface area contributed by atoms with Crippen LogP contribution in [0.4, 0.5) is 0 Å². The molecule has 0 saturated heterocycles. The summed E-state index contributed by atoms with van der Waals surface area (Å²) in [5.74, 6) is 0.835. The lowest BCUT2D eigenvalue weighted by Gasteiger charge is -1.76. The van der Waals surface area contributed by atoms with E-state index in [0.29, 0.717) is 11.2 Å². The third-order valence-electron chi connectivity index (χ3n) is 1.88. The highest BCUT2D eigenvalue weighted by Gasteiger charge is 2.13. The molecule has 0 bridgehead atoms. The van der Waals surface area contributed by atoms with E-state index >= 15 is 0 Å². The Balaban J connectivity index is 2.64. The summed E-state index contributed by atoms with van der Waals surface area (Å²) in [5, 5.41) is 0. The van der Waals surface area contributed by atoms with Crippen LogP contribution in [0.2, 0.25) is 0 Å². The van der Waals surface area contributed by atoms with Crippen molar-refractivity contribution in [2.45, 2.75) is 6.92 Å². The Morgan fingerprint density at radius 2 is 2.00 bits per heavy atom. The minimum atomic E-state index is 0.693. The van der Waals surface area contributed by atoms with Gasteiger partial charge in [0.15, 0.2) is 11.2 Å². The third kappa shape index (κ3) is 0.563. The Bertz CT molecular complexity index is 538. The first-order chi connectivity index (χ1) is 5.84. The molecule has 3 nitrogen and oxygen atoms in total. The van der Waals surface area contributed by atoms with E-state index < -0.39 is 0 Å². The predicted octanol–water partition coefficient (Wildman–Crippen LogP) is 3.08. The first-order valence-electron chi connectivity index (χ1n) is 3.71. The van der Waals surface area contributed by atoms with Gasteiger partial charge in [-0.3, -0.25) is 0 Å². The molecule has 3 aromatic heterocycles. The van der Waals surface area contributed by atoms with E-state index in [4.69, 9.17) is 13.3 Å². The standard InChI is InChI=1S/C9H6O3/c1-5-4-7-9(11-5)8-6(12-7)2-3-10-8/h2-4H,1H3.